The average molecular weight is 246 g/mol. The van der Waals surface area contributed by atoms with Crippen molar-refractivity contribution < 1.29 is 9.90 Å². The molecule has 0 saturated carbocycles. The molecule has 0 fully saturated rings. The van der Waals surface area contributed by atoms with Gasteiger partial charge in [0.2, 0.25) is 0 Å². The second-order valence-electron chi connectivity index (χ2n) is 4.58. The summed E-state index contributed by atoms with van der Waals surface area (Å²) in [5.74, 6) is -0.510. The Hall–Kier alpha value is -2.02. The molecule has 0 heterocycles. The van der Waals surface area contributed by atoms with Crippen LogP contribution in [-0.4, -0.2) is 17.6 Å². The summed E-state index contributed by atoms with van der Waals surface area (Å²) in [6.45, 7) is 4.61. The zero-order valence-electron chi connectivity index (χ0n) is 10.7. The molecule has 1 atom stereocenters. The first kappa shape index (κ1) is 14.0. The number of hydrogen-bond acceptors (Lipinski definition) is 3. The van der Waals surface area contributed by atoms with Crippen molar-refractivity contribution in [1.82, 2.24) is 0 Å². The number of anilines is 1. The third-order valence-corrected chi connectivity index (χ3v) is 2.79. The predicted octanol–water partition coefficient (Wildman–Crippen LogP) is 2.78. The highest BCUT2D eigenvalue weighted by Crippen LogP contribution is 2.17. The van der Waals surface area contributed by atoms with Crippen LogP contribution in [0.5, 0.6) is 0 Å². The summed E-state index contributed by atoms with van der Waals surface area (Å²) in [6, 6.07) is 7.83. The van der Waals surface area contributed by atoms with E-state index in [2.05, 4.69) is 11.4 Å². The fraction of sp³-hybridized carbons (Fsp3) is 0.429. The van der Waals surface area contributed by atoms with Gasteiger partial charge >= 0.3 is 5.97 Å². The SMILES string of the molecule is Cc1ccc(NCC(C)CCC(=O)O)c(C#N)c1. The Morgan fingerprint density at radius 2 is 2.28 bits per heavy atom. The largest absolute Gasteiger partial charge is 0.481 e. The first-order valence-electron chi connectivity index (χ1n) is 5.99. The van der Waals surface area contributed by atoms with Gasteiger partial charge in [-0.25, -0.2) is 0 Å². The van der Waals surface area contributed by atoms with Crippen LogP contribution in [0.25, 0.3) is 0 Å². The molecule has 4 heteroatoms. The number of hydrogen-bond donors (Lipinski definition) is 2. The van der Waals surface area contributed by atoms with E-state index in [9.17, 15) is 4.79 Å². The zero-order valence-corrected chi connectivity index (χ0v) is 10.7. The molecule has 0 bridgehead atoms. The highest BCUT2D eigenvalue weighted by molar-refractivity contribution is 5.66. The zero-order chi connectivity index (χ0) is 13.5. The Labute approximate surface area is 107 Å². The number of carboxylic acid groups (broad SMARTS) is 1. The predicted molar refractivity (Wildman–Crippen MR) is 70.4 cm³/mol. The summed E-state index contributed by atoms with van der Waals surface area (Å²) in [5, 5.41) is 20.8. The van der Waals surface area contributed by atoms with Gasteiger partial charge in [0.1, 0.15) is 6.07 Å². The van der Waals surface area contributed by atoms with Crippen molar-refractivity contribution in [3.63, 3.8) is 0 Å². The second kappa shape index (κ2) is 6.65. The number of nitrogens with one attached hydrogen (secondary N) is 1. The van der Waals surface area contributed by atoms with Gasteiger partial charge in [-0.05, 0) is 37.0 Å². The molecule has 0 aromatic heterocycles. The minimum absolute atomic E-state index is 0.182. The standard InChI is InChI=1S/C14H18N2O2/c1-10-3-5-13(12(7-10)8-15)16-9-11(2)4-6-14(17)18/h3,5,7,11,16H,4,6,9H2,1-2H3,(H,17,18). The van der Waals surface area contributed by atoms with E-state index in [1.54, 1.807) is 0 Å². The van der Waals surface area contributed by atoms with E-state index >= 15 is 0 Å². The molecule has 1 aromatic carbocycles. The van der Waals surface area contributed by atoms with Crippen LogP contribution < -0.4 is 5.32 Å². The van der Waals surface area contributed by atoms with Gasteiger partial charge in [-0.1, -0.05) is 13.0 Å². The van der Waals surface area contributed by atoms with Crippen molar-refractivity contribution in [2.75, 3.05) is 11.9 Å². The molecule has 96 valence electrons. The molecule has 2 N–H and O–H groups in total. The van der Waals surface area contributed by atoms with E-state index in [1.165, 1.54) is 0 Å². The van der Waals surface area contributed by atoms with Gasteiger partial charge in [0.25, 0.3) is 0 Å². The van der Waals surface area contributed by atoms with Crippen LogP contribution in [0.1, 0.15) is 30.9 Å². The van der Waals surface area contributed by atoms with Crippen LogP contribution in [0.15, 0.2) is 18.2 Å². The third kappa shape index (κ3) is 4.46. The Morgan fingerprint density at radius 1 is 1.56 bits per heavy atom. The van der Waals surface area contributed by atoms with Crippen LogP contribution in [0.3, 0.4) is 0 Å². The molecule has 1 unspecified atom stereocenters. The lowest BCUT2D eigenvalue weighted by atomic mass is 10.0. The fourth-order valence-electron chi connectivity index (χ4n) is 1.66. The van der Waals surface area contributed by atoms with Crippen LogP contribution in [-0.2, 0) is 4.79 Å². The lowest BCUT2D eigenvalue weighted by Crippen LogP contribution is -2.13. The normalized spacial score (nSPS) is 11.6. The van der Waals surface area contributed by atoms with Gasteiger partial charge in [0, 0.05) is 13.0 Å². The molecule has 1 aromatic rings. The van der Waals surface area contributed by atoms with Gasteiger partial charge in [0.05, 0.1) is 11.3 Å². The van der Waals surface area contributed by atoms with Gasteiger partial charge in [-0.15, -0.1) is 0 Å². The first-order chi connectivity index (χ1) is 8.52. The molecule has 0 saturated heterocycles. The summed E-state index contributed by atoms with van der Waals surface area (Å²) in [6.07, 6.45) is 0.817. The van der Waals surface area contributed by atoms with E-state index in [4.69, 9.17) is 10.4 Å². The second-order valence-corrected chi connectivity index (χ2v) is 4.58. The molecule has 1 rings (SSSR count). The lowest BCUT2D eigenvalue weighted by molar-refractivity contribution is -0.137. The van der Waals surface area contributed by atoms with Crippen molar-refractivity contribution in [3.05, 3.63) is 29.3 Å². The smallest absolute Gasteiger partial charge is 0.303 e. The Balaban J connectivity index is 2.53. The van der Waals surface area contributed by atoms with Crippen LogP contribution in [0.4, 0.5) is 5.69 Å². The number of aliphatic carboxylic acids is 1. The molecule has 18 heavy (non-hydrogen) atoms. The monoisotopic (exact) mass is 246 g/mol. The topological polar surface area (TPSA) is 73.1 Å². The molecule has 0 spiro atoms. The molecule has 0 aliphatic carbocycles. The van der Waals surface area contributed by atoms with E-state index in [-0.39, 0.29) is 12.3 Å². The third-order valence-electron chi connectivity index (χ3n) is 2.79. The maximum absolute atomic E-state index is 10.5. The van der Waals surface area contributed by atoms with E-state index in [0.717, 1.165) is 11.3 Å². The molecule has 0 aliphatic rings. The number of benzene rings is 1. The van der Waals surface area contributed by atoms with Gasteiger partial charge in [-0.2, -0.15) is 5.26 Å². The van der Waals surface area contributed by atoms with E-state index < -0.39 is 5.97 Å². The van der Waals surface area contributed by atoms with Gasteiger partial charge in [0.15, 0.2) is 0 Å². The number of nitrogens with zero attached hydrogens (tertiary/aromatic N) is 1. The molecule has 4 nitrogen and oxygen atoms in total. The van der Waals surface area contributed by atoms with Crippen LogP contribution in [0, 0.1) is 24.2 Å². The molecule has 0 amide bonds. The van der Waals surface area contributed by atoms with Crippen molar-refractivity contribution in [2.24, 2.45) is 5.92 Å². The summed E-state index contributed by atoms with van der Waals surface area (Å²) >= 11 is 0. The highest BCUT2D eigenvalue weighted by Gasteiger charge is 2.07. The lowest BCUT2D eigenvalue weighted by Gasteiger charge is -2.13. The first-order valence-corrected chi connectivity index (χ1v) is 5.99. The van der Waals surface area contributed by atoms with Gasteiger partial charge in [-0.3, -0.25) is 4.79 Å². The van der Waals surface area contributed by atoms with Crippen LogP contribution >= 0.6 is 0 Å². The Bertz CT molecular complexity index is 463. The Kier molecular flexibility index (Phi) is 5.19. The van der Waals surface area contributed by atoms with E-state index in [0.29, 0.717) is 18.5 Å². The number of rotatable bonds is 6. The van der Waals surface area contributed by atoms with Gasteiger partial charge < -0.3 is 10.4 Å². The van der Waals surface area contributed by atoms with Crippen molar-refractivity contribution in [3.8, 4) is 6.07 Å². The number of carbonyl (C=O) groups is 1. The summed E-state index contributed by atoms with van der Waals surface area (Å²) < 4.78 is 0. The number of carboxylic acids is 1. The quantitative estimate of drug-likeness (QED) is 0.809. The van der Waals surface area contributed by atoms with Crippen molar-refractivity contribution in [2.45, 2.75) is 26.7 Å². The van der Waals surface area contributed by atoms with Crippen molar-refractivity contribution >= 4 is 11.7 Å². The molecular formula is C14H18N2O2. The average Bonchev–Trinajstić information content (AvgIpc) is 2.34. The van der Waals surface area contributed by atoms with Crippen LogP contribution in [0.2, 0.25) is 0 Å². The molecule has 0 radical (unpaired) electrons. The minimum atomic E-state index is -0.769. The number of nitriles is 1. The minimum Gasteiger partial charge on any atom is -0.481 e. The Morgan fingerprint density at radius 3 is 2.89 bits per heavy atom. The maximum Gasteiger partial charge on any atom is 0.303 e. The highest BCUT2D eigenvalue weighted by atomic mass is 16.4. The number of aryl methyl sites for hydroxylation is 1. The fourth-order valence-corrected chi connectivity index (χ4v) is 1.66. The van der Waals surface area contributed by atoms with E-state index in [1.807, 2.05) is 32.0 Å². The maximum atomic E-state index is 10.5. The molecule has 0 aliphatic heterocycles. The summed E-state index contributed by atoms with van der Waals surface area (Å²) in [5.41, 5.74) is 2.49. The summed E-state index contributed by atoms with van der Waals surface area (Å²) in [7, 11) is 0. The molecular weight excluding hydrogens is 228 g/mol. The summed E-state index contributed by atoms with van der Waals surface area (Å²) in [4.78, 5) is 10.5. The van der Waals surface area contributed by atoms with Crippen molar-refractivity contribution in [1.29, 1.82) is 5.26 Å².